The average molecular weight is 496 g/mol. The second-order valence-corrected chi connectivity index (χ2v) is 9.15. The molecule has 2 aliphatic rings. The minimum atomic E-state index is -0.460. The highest BCUT2D eigenvalue weighted by Gasteiger charge is 2.34. The van der Waals surface area contributed by atoms with Crippen molar-refractivity contribution in [1.82, 2.24) is 4.90 Å². The maximum Gasteiger partial charge on any atom is 0.338 e. The molecular formula is C24H25N5O5S. The van der Waals surface area contributed by atoms with Gasteiger partial charge in [0.1, 0.15) is 5.69 Å². The summed E-state index contributed by atoms with van der Waals surface area (Å²) in [6, 6.07) is 11.2. The minimum absolute atomic E-state index is 0.00805. The number of nitrogens with zero attached hydrogens (tertiary/aromatic N) is 4. The Balaban J connectivity index is 1.56. The van der Waals surface area contributed by atoms with Gasteiger partial charge in [0.15, 0.2) is 5.17 Å². The molecule has 0 bridgehead atoms. The lowest BCUT2D eigenvalue weighted by Gasteiger charge is -2.33. The van der Waals surface area contributed by atoms with Gasteiger partial charge in [-0.1, -0.05) is 6.07 Å². The lowest BCUT2D eigenvalue weighted by molar-refractivity contribution is -0.384. The number of anilines is 2. The number of benzene rings is 2. The number of nitro groups is 1. The highest BCUT2D eigenvalue weighted by Crippen LogP contribution is 2.37. The van der Waals surface area contributed by atoms with Crippen LogP contribution in [0.25, 0.3) is 6.08 Å². The highest BCUT2D eigenvalue weighted by atomic mass is 32.2. The highest BCUT2D eigenvalue weighted by molar-refractivity contribution is 8.19. The molecule has 2 saturated heterocycles. The first-order valence-corrected chi connectivity index (χ1v) is 11.9. The number of thioether (sulfide) groups is 1. The molecule has 35 heavy (non-hydrogen) atoms. The fourth-order valence-corrected chi connectivity index (χ4v) is 4.79. The Kier molecular flexibility index (Phi) is 7.17. The third-order valence-corrected chi connectivity index (χ3v) is 6.69. The third-order valence-electron chi connectivity index (χ3n) is 5.80. The quantitative estimate of drug-likeness (QED) is 0.279. The second kappa shape index (κ2) is 10.3. The first kappa shape index (κ1) is 24.4. The number of piperazine rings is 1. The Labute approximate surface area is 206 Å². The van der Waals surface area contributed by atoms with Gasteiger partial charge in [0, 0.05) is 32.2 Å². The van der Waals surface area contributed by atoms with Crippen LogP contribution < -0.4 is 9.80 Å². The third kappa shape index (κ3) is 5.20. The Hall–Kier alpha value is -3.70. The van der Waals surface area contributed by atoms with Gasteiger partial charge in [-0.15, -0.1) is 0 Å². The Morgan fingerprint density at radius 1 is 1.17 bits per heavy atom. The fraction of sp³-hybridized carbons (Fsp3) is 0.292. The SMILES string of the molecule is CCOC(=O)c1ccc(N2C(=N)SC(=Cc3ccc(N4CCN(C)CC4)c([N+](=O)[O-])c3)C2=O)cc1. The number of hydrogen-bond donors (Lipinski definition) is 1. The molecule has 2 aromatic carbocycles. The number of ether oxygens (including phenoxy) is 1. The summed E-state index contributed by atoms with van der Waals surface area (Å²) in [5.74, 6) is -0.867. The van der Waals surface area contributed by atoms with Gasteiger partial charge in [0.05, 0.1) is 27.7 Å². The van der Waals surface area contributed by atoms with E-state index in [1.165, 1.54) is 11.0 Å². The molecule has 0 saturated carbocycles. The molecule has 2 aliphatic heterocycles. The molecule has 1 N–H and O–H groups in total. The molecule has 2 aromatic rings. The van der Waals surface area contributed by atoms with E-state index in [0.717, 1.165) is 24.9 Å². The lowest BCUT2D eigenvalue weighted by Crippen LogP contribution is -2.44. The molecule has 2 heterocycles. The van der Waals surface area contributed by atoms with E-state index in [0.29, 0.717) is 35.6 Å². The van der Waals surface area contributed by atoms with Crippen molar-refractivity contribution in [3.05, 3.63) is 68.6 Å². The molecule has 0 aromatic heterocycles. The van der Waals surface area contributed by atoms with E-state index in [4.69, 9.17) is 10.1 Å². The van der Waals surface area contributed by atoms with Gasteiger partial charge in [-0.25, -0.2) is 4.79 Å². The summed E-state index contributed by atoms with van der Waals surface area (Å²) in [6.45, 7) is 5.03. The average Bonchev–Trinajstić information content (AvgIpc) is 3.12. The number of nitro benzene ring substituents is 1. The fourth-order valence-electron chi connectivity index (χ4n) is 3.93. The first-order valence-electron chi connectivity index (χ1n) is 11.1. The van der Waals surface area contributed by atoms with Gasteiger partial charge in [-0.2, -0.15) is 0 Å². The van der Waals surface area contributed by atoms with Gasteiger partial charge < -0.3 is 14.5 Å². The maximum absolute atomic E-state index is 13.1. The number of hydrogen-bond acceptors (Lipinski definition) is 9. The predicted octanol–water partition coefficient (Wildman–Crippen LogP) is 3.58. The summed E-state index contributed by atoms with van der Waals surface area (Å²) in [7, 11) is 2.02. The molecule has 0 atom stereocenters. The molecule has 182 valence electrons. The van der Waals surface area contributed by atoms with E-state index in [9.17, 15) is 19.7 Å². The molecule has 10 nitrogen and oxygen atoms in total. The zero-order valence-corrected chi connectivity index (χ0v) is 20.2. The van der Waals surface area contributed by atoms with Crippen molar-refractivity contribution in [2.24, 2.45) is 0 Å². The number of amidine groups is 1. The molecule has 0 spiro atoms. The van der Waals surface area contributed by atoms with Crippen LogP contribution in [-0.4, -0.2) is 66.7 Å². The smallest absolute Gasteiger partial charge is 0.338 e. The Bertz CT molecular complexity index is 1210. The van der Waals surface area contributed by atoms with Crippen molar-refractivity contribution in [2.75, 3.05) is 49.6 Å². The van der Waals surface area contributed by atoms with Crippen LogP contribution in [0.5, 0.6) is 0 Å². The summed E-state index contributed by atoms with van der Waals surface area (Å²) in [5, 5.41) is 20.1. The largest absolute Gasteiger partial charge is 0.462 e. The zero-order chi connectivity index (χ0) is 25.1. The lowest BCUT2D eigenvalue weighted by atomic mass is 10.1. The van der Waals surface area contributed by atoms with Crippen LogP contribution in [-0.2, 0) is 9.53 Å². The topological polar surface area (TPSA) is 120 Å². The van der Waals surface area contributed by atoms with Gasteiger partial charge >= 0.3 is 5.97 Å². The first-order chi connectivity index (χ1) is 16.8. The zero-order valence-electron chi connectivity index (χ0n) is 19.4. The van der Waals surface area contributed by atoms with Crippen LogP contribution in [0.1, 0.15) is 22.8 Å². The standard InChI is InChI=1S/C24H25N5O5S/c1-3-34-23(31)17-5-7-18(8-6-17)28-22(30)21(35-24(28)25)15-16-4-9-19(20(14-16)29(32)33)27-12-10-26(2)11-13-27/h4-9,14-15,25H,3,10-13H2,1-2H3. The van der Waals surface area contributed by atoms with Crippen LogP contribution >= 0.6 is 11.8 Å². The molecule has 11 heteroatoms. The molecule has 0 radical (unpaired) electrons. The van der Waals surface area contributed by atoms with E-state index >= 15 is 0 Å². The van der Waals surface area contributed by atoms with Crippen molar-refractivity contribution >= 4 is 51.9 Å². The number of carbonyl (C=O) groups excluding carboxylic acids is 2. The van der Waals surface area contributed by atoms with Crippen molar-refractivity contribution in [3.63, 3.8) is 0 Å². The van der Waals surface area contributed by atoms with E-state index in [1.807, 2.05) is 11.9 Å². The van der Waals surface area contributed by atoms with Crippen LogP contribution in [0.4, 0.5) is 17.1 Å². The number of carbonyl (C=O) groups is 2. The maximum atomic E-state index is 13.1. The second-order valence-electron chi connectivity index (χ2n) is 8.12. The molecule has 0 unspecified atom stereocenters. The van der Waals surface area contributed by atoms with Crippen LogP contribution in [0.2, 0.25) is 0 Å². The monoisotopic (exact) mass is 495 g/mol. The normalized spacial score (nSPS) is 17.8. The van der Waals surface area contributed by atoms with Crippen LogP contribution in [0.15, 0.2) is 47.4 Å². The number of esters is 1. The van der Waals surface area contributed by atoms with E-state index in [-0.39, 0.29) is 22.4 Å². The number of nitrogens with one attached hydrogen (secondary N) is 1. The number of amides is 1. The van der Waals surface area contributed by atoms with Crippen molar-refractivity contribution < 1.29 is 19.2 Å². The van der Waals surface area contributed by atoms with E-state index < -0.39 is 16.8 Å². The van der Waals surface area contributed by atoms with Gasteiger partial charge in [0.25, 0.3) is 11.6 Å². The van der Waals surface area contributed by atoms with E-state index in [1.54, 1.807) is 49.4 Å². The number of rotatable bonds is 6. The van der Waals surface area contributed by atoms with Crippen LogP contribution in [0.3, 0.4) is 0 Å². The van der Waals surface area contributed by atoms with E-state index in [2.05, 4.69) is 4.90 Å². The number of likely N-dealkylation sites (N-methyl/N-ethyl adjacent to an activating group) is 1. The van der Waals surface area contributed by atoms with Crippen molar-refractivity contribution in [1.29, 1.82) is 5.41 Å². The summed E-state index contributed by atoms with van der Waals surface area (Å²) in [4.78, 5) is 42.0. The van der Waals surface area contributed by atoms with Crippen molar-refractivity contribution in [3.8, 4) is 0 Å². The van der Waals surface area contributed by atoms with Gasteiger partial charge in [-0.3, -0.25) is 25.2 Å². The molecule has 0 aliphatic carbocycles. The summed E-state index contributed by atoms with van der Waals surface area (Å²) in [6.07, 6.45) is 1.56. The Morgan fingerprint density at radius 2 is 1.86 bits per heavy atom. The van der Waals surface area contributed by atoms with Crippen LogP contribution in [0, 0.1) is 15.5 Å². The Morgan fingerprint density at radius 3 is 2.49 bits per heavy atom. The van der Waals surface area contributed by atoms with Crippen molar-refractivity contribution in [2.45, 2.75) is 6.92 Å². The van der Waals surface area contributed by atoms with Gasteiger partial charge in [0.2, 0.25) is 0 Å². The summed E-state index contributed by atoms with van der Waals surface area (Å²) in [5.41, 5.74) is 1.86. The molecule has 2 fully saturated rings. The molecule has 4 rings (SSSR count). The minimum Gasteiger partial charge on any atom is -0.462 e. The van der Waals surface area contributed by atoms with Gasteiger partial charge in [-0.05, 0) is 67.7 Å². The summed E-state index contributed by atoms with van der Waals surface area (Å²) >= 11 is 0.980. The molecule has 1 amide bonds. The predicted molar refractivity (Wildman–Crippen MR) is 136 cm³/mol. The molecular weight excluding hydrogens is 470 g/mol. The summed E-state index contributed by atoms with van der Waals surface area (Å²) < 4.78 is 4.97.